The Morgan fingerprint density at radius 3 is 2.75 bits per heavy atom. The van der Waals surface area contributed by atoms with Crippen molar-refractivity contribution in [3.8, 4) is 11.5 Å². The highest BCUT2D eigenvalue weighted by atomic mass is 16.5. The van der Waals surface area contributed by atoms with Gasteiger partial charge >= 0.3 is 0 Å². The lowest BCUT2D eigenvalue weighted by atomic mass is 10.1. The van der Waals surface area contributed by atoms with Crippen LogP contribution >= 0.6 is 0 Å². The molecule has 2 amide bonds. The molecule has 2 rings (SSSR count). The largest absolute Gasteiger partial charge is 0.493 e. The van der Waals surface area contributed by atoms with Crippen molar-refractivity contribution in [2.24, 2.45) is 0 Å². The normalized spacial score (nSPS) is 18.0. The number of amides is 2. The number of nitrogens with zero attached hydrogens (tertiary/aromatic N) is 1. The van der Waals surface area contributed by atoms with Crippen LogP contribution in [0.2, 0.25) is 0 Å². The molecule has 0 radical (unpaired) electrons. The number of ether oxygens (including phenoxy) is 2. The number of carbonyl (C=O) groups excluding carboxylic acids is 2. The van der Waals surface area contributed by atoms with Crippen LogP contribution in [0.4, 0.5) is 0 Å². The van der Waals surface area contributed by atoms with Crippen molar-refractivity contribution >= 4 is 11.8 Å². The number of hydrogen-bond acceptors (Lipinski definition) is 5. The summed E-state index contributed by atoms with van der Waals surface area (Å²) >= 11 is 0. The molecule has 1 aromatic rings. The fourth-order valence-electron chi connectivity index (χ4n) is 2.71. The Hall–Kier alpha value is -2.28. The first-order valence-electron chi connectivity index (χ1n) is 8.00. The van der Waals surface area contributed by atoms with Crippen molar-refractivity contribution in [3.05, 3.63) is 23.8 Å². The topological polar surface area (TPSA) is 79.9 Å². The lowest BCUT2D eigenvalue weighted by Gasteiger charge is -2.31. The van der Waals surface area contributed by atoms with Gasteiger partial charge in [0.1, 0.15) is 0 Å². The molecule has 1 atom stereocenters. The molecule has 7 nitrogen and oxygen atoms in total. The summed E-state index contributed by atoms with van der Waals surface area (Å²) < 4.78 is 10.5. The van der Waals surface area contributed by atoms with E-state index in [1.165, 1.54) is 0 Å². The molecular formula is C17H25N3O4. The molecule has 24 heavy (non-hydrogen) atoms. The number of methoxy groups -OCH3 is 2. The van der Waals surface area contributed by atoms with Crippen LogP contribution in [0.5, 0.6) is 11.5 Å². The molecule has 1 fully saturated rings. The number of likely N-dealkylation sites (N-methyl/N-ethyl adjacent to an activating group) is 1. The van der Waals surface area contributed by atoms with E-state index in [0.717, 1.165) is 12.1 Å². The Morgan fingerprint density at radius 1 is 1.33 bits per heavy atom. The summed E-state index contributed by atoms with van der Waals surface area (Å²) in [5, 5.41) is 5.65. The van der Waals surface area contributed by atoms with E-state index in [-0.39, 0.29) is 24.3 Å². The predicted octanol–water partition coefficient (Wildman–Crippen LogP) is 0.183. The van der Waals surface area contributed by atoms with Crippen molar-refractivity contribution < 1.29 is 19.1 Å². The zero-order chi connectivity index (χ0) is 17.5. The van der Waals surface area contributed by atoms with Crippen LogP contribution in [0, 0.1) is 0 Å². The van der Waals surface area contributed by atoms with Gasteiger partial charge in [0.2, 0.25) is 11.8 Å². The van der Waals surface area contributed by atoms with Crippen LogP contribution in [-0.2, 0) is 16.0 Å². The second-order valence-electron chi connectivity index (χ2n) is 5.78. The van der Waals surface area contributed by atoms with Gasteiger partial charge in [0.15, 0.2) is 11.5 Å². The third-order valence-electron chi connectivity index (χ3n) is 4.16. The van der Waals surface area contributed by atoms with Crippen LogP contribution in [0.15, 0.2) is 18.2 Å². The second kappa shape index (κ2) is 8.54. The average molecular weight is 335 g/mol. The molecular weight excluding hydrogens is 310 g/mol. The summed E-state index contributed by atoms with van der Waals surface area (Å²) in [6.07, 6.45) is 0.854. The standard InChI is InChI=1S/C17H25N3O4/c1-20-9-8-19-17(22)13(20)11-16(21)18-7-6-12-4-5-14(23-2)15(10-12)24-3/h4-5,10,13H,6-9,11H2,1-3H3,(H,18,21)(H,19,22)/t13-/m1/s1. The summed E-state index contributed by atoms with van der Waals surface area (Å²) in [4.78, 5) is 25.8. The maximum Gasteiger partial charge on any atom is 0.237 e. The fraction of sp³-hybridized carbons (Fsp3) is 0.529. The van der Waals surface area contributed by atoms with E-state index in [9.17, 15) is 9.59 Å². The van der Waals surface area contributed by atoms with E-state index in [2.05, 4.69) is 10.6 Å². The van der Waals surface area contributed by atoms with Crippen molar-refractivity contribution in [1.82, 2.24) is 15.5 Å². The Bertz CT molecular complexity index is 591. The summed E-state index contributed by atoms with van der Waals surface area (Å²) in [5.41, 5.74) is 1.04. The smallest absolute Gasteiger partial charge is 0.237 e. The fourth-order valence-corrected chi connectivity index (χ4v) is 2.71. The van der Waals surface area contributed by atoms with Crippen LogP contribution in [0.3, 0.4) is 0 Å². The molecule has 1 aliphatic heterocycles. The van der Waals surface area contributed by atoms with E-state index in [1.54, 1.807) is 14.2 Å². The SMILES string of the molecule is COc1ccc(CCNC(=O)C[C@@H]2C(=O)NCCN2C)cc1OC. The second-order valence-corrected chi connectivity index (χ2v) is 5.78. The first kappa shape index (κ1) is 18.1. The van der Waals surface area contributed by atoms with Gasteiger partial charge in [-0.3, -0.25) is 14.5 Å². The molecule has 1 saturated heterocycles. The van der Waals surface area contributed by atoms with Crippen molar-refractivity contribution in [1.29, 1.82) is 0 Å². The van der Waals surface area contributed by atoms with Gasteiger partial charge in [-0.1, -0.05) is 6.07 Å². The Morgan fingerprint density at radius 2 is 2.08 bits per heavy atom. The quantitative estimate of drug-likeness (QED) is 0.743. The predicted molar refractivity (Wildman–Crippen MR) is 90.3 cm³/mol. The van der Waals surface area contributed by atoms with E-state index in [4.69, 9.17) is 9.47 Å². The van der Waals surface area contributed by atoms with Crippen LogP contribution in [0.1, 0.15) is 12.0 Å². The van der Waals surface area contributed by atoms with Gasteiger partial charge in [0, 0.05) is 19.6 Å². The molecule has 0 saturated carbocycles. The highest BCUT2D eigenvalue weighted by Crippen LogP contribution is 2.27. The number of piperazine rings is 1. The van der Waals surface area contributed by atoms with E-state index >= 15 is 0 Å². The Kier molecular flexibility index (Phi) is 6.43. The monoisotopic (exact) mass is 335 g/mol. The molecule has 132 valence electrons. The summed E-state index contributed by atoms with van der Waals surface area (Å²) in [7, 11) is 5.05. The molecule has 7 heteroatoms. The highest BCUT2D eigenvalue weighted by Gasteiger charge is 2.28. The highest BCUT2D eigenvalue weighted by molar-refractivity contribution is 5.88. The Labute approximate surface area is 142 Å². The maximum atomic E-state index is 12.1. The summed E-state index contributed by atoms with van der Waals surface area (Å²) in [6, 6.07) is 5.29. The molecule has 0 aliphatic carbocycles. The van der Waals surface area contributed by atoms with Crippen LogP contribution in [0.25, 0.3) is 0 Å². The summed E-state index contributed by atoms with van der Waals surface area (Å²) in [6.45, 7) is 1.90. The molecule has 0 bridgehead atoms. The minimum atomic E-state index is -0.389. The zero-order valence-corrected chi connectivity index (χ0v) is 14.4. The zero-order valence-electron chi connectivity index (χ0n) is 14.4. The van der Waals surface area contributed by atoms with Gasteiger partial charge in [-0.25, -0.2) is 0 Å². The minimum absolute atomic E-state index is 0.0845. The first-order valence-corrected chi connectivity index (χ1v) is 8.00. The summed E-state index contributed by atoms with van der Waals surface area (Å²) in [5.74, 6) is 1.14. The lowest BCUT2D eigenvalue weighted by molar-refractivity contribution is -0.133. The van der Waals surface area contributed by atoms with Crippen molar-refractivity contribution in [3.63, 3.8) is 0 Å². The van der Waals surface area contributed by atoms with Gasteiger partial charge in [-0.15, -0.1) is 0 Å². The molecule has 0 spiro atoms. The number of carbonyl (C=O) groups is 2. The molecule has 1 aromatic carbocycles. The third-order valence-corrected chi connectivity index (χ3v) is 4.16. The third kappa shape index (κ3) is 4.61. The van der Waals surface area contributed by atoms with Crippen molar-refractivity contribution in [2.45, 2.75) is 18.9 Å². The average Bonchev–Trinajstić information content (AvgIpc) is 2.58. The van der Waals surface area contributed by atoms with Gasteiger partial charge < -0.3 is 20.1 Å². The van der Waals surface area contributed by atoms with E-state index in [0.29, 0.717) is 31.0 Å². The van der Waals surface area contributed by atoms with Crippen LogP contribution < -0.4 is 20.1 Å². The van der Waals surface area contributed by atoms with Gasteiger partial charge in [0.25, 0.3) is 0 Å². The van der Waals surface area contributed by atoms with Crippen LogP contribution in [-0.4, -0.2) is 63.7 Å². The van der Waals surface area contributed by atoms with Gasteiger partial charge in [-0.05, 0) is 31.2 Å². The molecule has 2 N–H and O–H groups in total. The molecule has 0 unspecified atom stereocenters. The minimum Gasteiger partial charge on any atom is -0.493 e. The number of hydrogen-bond donors (Lipinski definition) is 2. The number of nitrogens with one attached hydrogen (secondary N) is 2. The van der Waals surface area contributed by atoms with E-state index < -0.39 is 0 Å². The maximum absolute atomic E-state index is 12.1. The van der Waals surface area contributed by atoms with Gasteiger partial charge in [0.05, 0.1) is 26.7 Å². The first-order chi connectivity index (χ1) is 11.5. The number of benzene rings is 1. The van der Waals surface area contributed by atoms with Gasteiger partial charge in [-0.2, -0.15) is 0 Å². The van der Waals surface area contributed by atoms with E-state index in [1.807, 2.05) is 30.1 Å². The number of rotatable bonds is 7. The van der Waals surface area contributed by atoms with Crippen molar-refractivity contribution in [2.75, 3.05) is 40.9 Å². The lowest BCUT2D eigenvalue weighted by Crippen LogP contribution is -2.54. The molecule has 1 heterocycles. The molecule has 1 aliphatic rings. The molecule has 0 aromatic heterocycles. The Balaban J connectivity index is 1.81.